The third-order valence-corrected chi connectivity index (χ3v) is 4.09. The third-order valence-electron chi connectivity index (χ3n) is 3.89. The van der Waals surface area contributed by atoms with Crippen LogP contribution in [0.1, 0.15) is 25.3 Å². The summed E-state index contributed by atoms with van der Waals surface area (Å²) in [6, 6.07) is 1.92. The van der Waals surface area contributed by atoms with Crippen LogP contribution in [0.25, 0.3) is 10.8 Å². The van der Waals surface area contributed by atoms with E-state index in [0.29, 0.717) is 17.0 Å². The molecule has 106 valence electrons. The third kappa shape index (κ3) is 2.23. The predicted octanol–water partition coefficient (Wildman–Crippen LogP) is 2.84. The van der Waals surface area contributed by atoms with Gasteiger partial charge in [0.05, 0.1) is 0 Å². The van der Waals surface area contributed by atoms with Crippen LogP contribution in [0.4, 0.5) is 5.82 Å². The fourth-order valence-corrected chi connectivity index (χ4v) is 2.84. The standard InChI is InChI=1S/C15H18ClN3O/c1-9(2)12-4-18-15(19-6-10(7-19)8-20)13-5-17-14(16)3-11(12)13/h3-5,9-10,20H,6-8H2,1-2H3. The van der Waals surface area contributed by atoms with Crippen molar-refractivity contribution in [1.29, 1.82) is 0 Å². The second-order valence-corrected chi connectivity index (χ2v) is 6.09. The average molecular weight is 292 g/mol. The van der Waals surface area contributed by atoms with Gasteiger partial charge in [0.25, 0.3) is 0 Å². The monoisotopic (exact) mass is 291 g/mol. The molecule has 20 heavy (non-hydrogen) atoms. The maximum absolute atomic E-state index is 9.14. The quantitative estimate of drug-likeness (QED) is 0.884. The van der Waals surface area contributed by atoms with Gasteiger partial charge in [-0.25, -0.2) is 9.97 Å². The Morgan fingerprint density at radius 1 is 1.30 bits per heavy atom. The number of aliphatic hydroxyl groups excluding tert-OH is 1. The highest BCUT2D eigenvalue weighted by Crippen LogP contribution is 2.34. The van der Waals surface area contributed by atoms with E-state index in [4.69, 9.17) is 16.7 Å². The van der Waals surface area contributed by atoms with Gasteiger partial charge in [-0.3, -0.25) is 0 Å². The second-order valence-electron chi connectivity index (χ2n) is 5.70. The largest absolute Gasteiger partial charge is 0.396 e. The van der Waals surface area contributed by atoms with Gasteiger partial charge in [-0.2, -0.15) is 0 Å². The lowest BCUT2D eigenvalue weighted by atomic mass is 9.97. The van der Waals surface area contributed by atoms with Gasteiger partial charge in [0.2, 0.25) is 0 Å². The van der Waals surface area contributed by atoms with Crippen molar-refractivity contribution in [3.8, 4) is 0 Å². The first-order valence-electron chi connectivity index (χ1n) is 6.90. The summed E-state index contributed by atoms with van der Waals surface area (Å²) in [7, 11) is 0. The van der Waals surface area contributed by atoms with Gasteiger partial charge in [0.15, 0.2) is 0 Å². The molecule has 1 fully saturated rings. The van der Waals surface area contributed by atoms with Crippen molar-refractivity contribution in [2.75, 3.05) is 24.6 Å². The van der Waals surface area contributed by atoms with Crippen LogP contribution in [-0.4, -0.2) is 34.8 Å². The minimum Gasteiger partial charge on any atom is -0.396 e. The fraction of sp³-hybridized carbons (Fsp3) is 0.467. The molecule has 0 aliphatic carbocycles. The fourth-order valence-electron chi connectivity index (χ4n) is 2.69. The Morgan fingerprint density at radius 3 is 2.70 bits per heavy atom. The summed E-state index contributed by atoms with van der Waals surface area (Å²) in [4.78, 5) is 11.0. The van der Waals surface area contributed by atoms with E-state index in [1.165, 1.54) is 5.56 Å². The Balaban J connectivity index is 2.09. The summed E-state index contributed by atoms with van der Waals surface area (Å²) >= 11 is 6.04. The number of hydrogen-bond donors (Lipinski definition) is 1. The van der Waals surface area contributed by atoms with Crippen LogP contribution < -0.4 is 4.90 Å². The molecule has 0 aromatic carbocycles. The molecule has 0 amide bonds. The predicted molar refractivity (Wildman–Crippen MR) is 81.4 cm³/mol. The van der Waals surface area contributed by atoms with E-state index in [1.54, 1.807) is 6.20 Å². The van der Waals surface area contributed by atoms with Crippen molar-refractivity contribution in [3.05, 3.63) is 29.2 Å². The number of anilines is 1. The van der Waals surface area contributed by atoms with Gasteiger partial charge >= 0.3 is 0 Å². The van der Waals surface area contributed by atoms with Crippen molar-refractivity contribution in [1.82, 2.24) is 9.97 Å². The minimum atomic E-state index is 0.239. The second kappa shape index (κ2) is 5.19. The van der Waals surface area contributed by atoms with Crippen LogP contribution in [0.2, 0.25) is 5.15 Å². The summed E-state index contributed by atoms with van der Waals surface area (Å²) in [5, 5.41) is 11.8. The molecule has 0 saturated carbocycles. The van der Waals surface area contributed by atoms with Gasteiger partial charge in [0, 0.05) is 43.4 Å². The van der Waals surface area contributed by atoms with Gasteiger partial charge in [0.1, 0.15) is 11.0 Å². The molecule has 5 heteroatoms. The summed E-state index contributed by atoms with van der Waals surface area (Å²) in [5.41, 5.74) is 1.19. The maximum Gasteiger partial charge on any atom is 0.138 e. The zero-order chi connectivity index (χ0) is 14.3. The molecule has 1 saturated heterocycles. The number of pyridine rings is 2. The van der Waals surface area contributed by atoms with E-state index in [0.717, 1.165) is 29.7 Å². The Labute approximate surface area is 123 Å². The number of aliphatic hydroxyl groups is 1. The summed E-state index contributed by atoms with van der Waals surface area (Å²) < 4.78 is 0. The van der Waals surface area contributed by atoms with Crippen molar-refractivity contribution in [3.63, 3.8) is 0 Å². The molecule has 3 rings (SSSR count). The smallest absolute Gasteiger partial charge is 0.138 e. The van der Waals surface area contributed by atoms with Crippen LogP contribution in [0.15, 0.2) is 18.5 Å². The Hall–Kier alpha value is -1.39. The Kier molecular flexibility index (Phi) is 3.52. The van der Waals surface area contributed by atoms with Gasteiger partial charge < -0.3 is 10.0 Å². The molecule has 0 spiro atoms. The maximum atomic E-state index is 9.14. The molecule has 2 aromatic rings. The van der Waals surface area contributed by atoms with Crippen LogP contribution in [0.3, 0.4) is 0 Å². The molecule has 4 nitrogen and oxygen atoms in total. The SMILES string of the molecule is CC(C)c1cnc(N2CC(CO)C2)c2cnc(Cl)cc12. The normalized spacial score (nSPS) is 15.9. The van der Waals surface area contributed by atoms with Crippen LogP contribution in [-0.2, 0) is 0 Å². The van der Waals surface area contributed by atoms with Crippen molar-refractivity contribution in [2.45, 2.75) is 19.8 Å². The number of rotatable bonds is 3. The summed E-state index contributed by atoms with van der Waals surface area (Å²) in [6.45, 7) is 6.23. The molecule has 2 aromatic heterocycles. The van der Waals surface area contributed by atoms with E-state index in [2.05, 4.69) is 28.7 Å². The Bertz CT molecular complexity index is 638. The van der Waals surface area contributed by atoms with Crippen LogP contribution in [0.5, 0.6) is 0 Å². The topological polar surface area (TPSA) is 49.2 Å². The number of aromatic nitrogens is 2. The molecular formula is C15H18ClN3O. The van der Waals surface area contributed by atoms with E-state index >= 15 is 0 Å². The van der Waals surface area contributed by atoms with Crippen molar-refractivity contribution >= 4 is 28.2 Å². The Morgan fingerprint density at radius 2 is 2.05 bits per heavy atom. The van der Waals surface area contributed by atoms with E-state index in [-0.39, 0.29) is 6.61 Å². The van der Waals surface area contributed by atoms with Crippen molar-refractivity contribution < 1.29 is 5.11 Å². The molecule has 0 bridgehead atoms. The average Bonchev–Trinajstić information content (AvgIpc) is 2.36. The lowest BCUT2D eigenvalue weighted by molar-refractivity contribution is 0.200. The highest BCUT2D eigenvalue weighted by molar-refractivity contribution is 6.30. The first-order valence-corrected chi connectivity index (χ1v) is 7.28. The van der Waals surface area contributed by atoms with Gasteiger partial charge in [-0.15, -0.1) is 0 Å². The van der Waals surface area contributed by atoms with Gasteiger partial charge in [-0.1, -0.05) is 25.4 Å². The lowest BCUT2D eigenvalue weighted by Gasteiger charge is -2.39. The molecule has 0 unspecified atom stereocenters. The summed E-state index contributed by atoms with van der Waals surface area (Å²) in [6.07, 6.45) is 3.74. The molecule has 1 aliphatic heterocycles. The number of nitrogens with zero attached hydrogens (tertiary/aromatic N) is 3. The number of fused-ring (bicyclic) bond motifs is 1. The highest BCUT2D eigenvalue weighted by atomic mass is 35.5. The van der Waals surface area contributed by atoms with E-state index < -0.39 is 0 Å². The molecular weight excluding hydrogens is 274 g/mol. The molecule has 1 N–H and O–H groups in total. The molecule has 1 aliphatic rings. The first-order chi connectivity index (χ1) is 9.60. The lowest BCUT2D eigenvalue weighted by Crippen LogP contribution is -2.48. The molecule has 0 radical (unpaired) electrons. The first kappa shape index (κ1) is 13.6. The van der Waals surface area contributed by atoms with Crippen molar-refractivity contribution in [2.24, 2.45) is 5.92 Å². The molecule has 3 heterocycles. The summed E-state index contributed by atoms with van der Waals surface area (Å²) in [5.74, 6) is 1.69. The molecule has 0 atom stereocenters. The minimum absolute atomic E-state index is 0.239. The van der Waals surface area contributed by atoms with E-state index in [9.17, 15) is 0 Å². The number of hydrogen-bond acceptors (Lipinski definition) is 4. The van der Waals surface area contributed by atoms with Crippen LogP contribution >= 0.6 is 11.6 Å². The zero-order valence-electron chi connectivity index (χ0n) is 11.7. The van der Waals surface area contributed by atoms with Crippen LogP contribution in [0, 0.1) is 5.92 Å². The highest BCUT2D eigenvalue weighted by Gasteiger charge is 2.28. The zero-order valence-corrected chi connectivity index (χ0v) is 12.4. The van der Waals surface area contributed by atoms with E-state index in [1.807, 2.05) is 12.3 Å². The number of halogens is 1. The van der Waals surface area contributed by atoms with Gasteiger partial charge in [-0.05, 0) is 22.9 Å².